The van der Waals surface area contributed by atoms with Crippen LogP contribution < -0.4 is 0 Å². The van der Waals surface area contributed by atoms with Gasteiger partial charge in [0.1, 0.15) is 42.2 Å². The largest absolute Gasteiger partial charge is 0.388 e. The standard InChI is InChI=1S/C32H52O11/c1-14-5-10-32(41-12-14)15(2)21-20(43-32)11-18-16-6-9-31(39)26(38)23(35)24(36)27(30(31,4)17(16)7-8-29(18,21)3)42-28-25(37)22(34)19(33)13-40-28/h14-28,33-39H,5-13H2,1-4H3/t14-,15+,16-,17+,18+,19-,20+,21+,22+,23+,24-,25-,26+,27-,28+,29+,30+,31+,32-/m1/s1. The molecule has 0 amide bonds. The fourth-order valence-corrected chi connectivity index (χ4v) is 11.6. The molecule has 7 N–H and O–H groups in total. The first-order chi connectivity index (χ1) is 20.2. The molecular formula is C32H52O11. The second-order valence-electron chi connectivity index (χ2n) is 15.9. The number of rotatable bonds is 2. The molecule has 4 saturated carbocycles. The highest BCUT2D eigenvalue weighted by molar-refractivity contribution is 5.23. The predicted molar refractivity (Wildman–Crippen MR) is 150 cm³/mol. The monoisotopic (exact) mass is 612 g/mol. The lowest BCUT2D eigenvalue weighted by atomic mass is 9.41. The number of hydrogen-bond acceptors (Lipinski definition) is 11. The average molecular weight is 613 g/mol. The van der Waals surface area contributed by atoms with Crippen molar-refractivity contribution in [2.75, 3.05) is 13.2 Å². The third kappa shape index (κ3) is 4.06. The summed E-state index contributed by atoms with van der Waals surface area (Å²) in [6.45, 7) is 9.18. The third-order valence-electron chi connectivity index (χ3n) is 14.1. The summed E-state index contributed by atoms with van der Waals surface area (Å²) in [6.07, 6.45) is -6.43. The first-order valence-electron chi connectivity index (χ1n) is 16.6. The van der Waals surface area contributed by atoms with Gasteiger partial charge in [0.25, 0.3) is 0 Å². The summed E-state index contributed by atoms with van der Waals surface area (Å²) >= 11 is 0. The van der Waals surface area contributed by atoms with Crippen LogP contribution in [0.25, 0.3) is 0 Å². The van der Waals surface area contributed by atoms with E-state index in [4.69, 9.17) is 18.9 Å². The minimum Gasteiger partial charge on any atom is -0.388 e. The van der Waals surface area contributed by atoms with Crippen LogP contribution in [0, 0.1) is 46.3 Å². The molecule has 7 rings (SSSR count). The van der Waals surface area contributed by atoms with E-state index in [1.807, 2.05) is 6.92 Å². The average Bonchev–Trinajstić information content (AvgIpc) is 3.42. The van der Waals surface area contributed by atoms with Crippen LogP contribution in [0.15, 0.2) is 0 Å². The molecule has 0 aromatic heterocycles. The van der Waals surface area contributed by atoms with E-state index in [9.17, 15) is 35.7 Å². The van der Waals surface area contributed by atoms with Crippen molar-refractivity contribution in [1.82, 2.24) is 0 Å². The number of fused-ring (bicyclic) bond motifs is 7. The van der Waals surface area contributed by atoms with Gasteiger partial charge in [-0.3, -0.25) is 0 Å². The van der Waals surface area contributed by atoms with Gasteiger partial charge in [-0.15, -0.1) is 0 Å². The fraction of sp³-hybridized carbons (Fsp3) is 1.00. The molecule has 0 bridgehead atoms. The van der Waals surface area contributed by atoms with Crippen molar-refractivity contribution in [2.45, 2.75) is 139 Å². The maximum absolute atomic E-state index is 12.3. The van der Waals surface area contributed by atoms with Crippen LogP contribution in [-0.4, -0.2) is 115 Å². The summed E-state index contributed by atoms with van der Waals surface area (Å²) < 4.78 is 25.1. The van der Waals surface area contributed by atoms with Crippen LogP contribution in [0.5, 0.6) is 0 Å². The molecule has 3 heterocycles. The lowest BCUT2D eigenvalue weighted by Crippen LogP contribution is -2.78. The van der Waals surface area contributed by atoms with Crippen LogP contribution >= 0.6 is 0 Å². The maximum Gasteiger partial charge on any atom is 0.186 e. The highest BCUT2D eigenvalue weighted by Gasteiger charge is 2.75. The van der Waals surface area contributed by atoms with Gasteiger partial charge in [0, 0.05) is 17.8 Å². The van der Waals surface area contributed by atoms with Gasteiger partial charge in [0.2, 0.25) is 0 Å². The van der Waals surface area contributed by atoms with E-state index in [0.717, 1.165) is 38.7 Å². The van der Waals surface area contributed by atoms with E-state index >= 15 is 0 Å². The van der Waals surface area contributed by atoms with Gasteiger partial charge < -0.3 is 54.7 Å². The quantitative estimate of drug-likeness (QED) is 0.228. The summed E-state index contributed by atoms with van der Waals surface area (Å²) in [5.74, 6) is 0.888. The third-order valence-corrected chi connectivity index (χ3v) is 14.1. The molecule has 0 radical (unpaired) electrons. The Morgan fingerprint density at radius 3 is 2.23 bits per heavy atom. The molecule has 7 fully saturated rings. The Balaban J connectivity index is 1.20. The first-order valence-corrected chi connectivity index (χ1v) is 16.6. The van der Waals surface area contributed by atoms with Gasteiger partial charge in [0.15, 0.2) is 12.1 Å². The molecule has 43 heavy (non-hydrogen) atoms. The minimum atomic E-state index is -1.77. The van der Waals surface area contributed by atoms with Gasteiger partial charge in [-0.1, -0.05) is 27.7 Å². The Labute approximate surface area is 253 Å². The van der Waals surface area contributed by atoms with Crippen molar-refractivity contribution < 1.29 is 54.7 Å². The summed E-state index contributed by atoms with van der Waals surface area (Å²) in [6, 6.07) is 0. The Morgan fingerprint density at radius 2 is 1.53 bits per heavy atom. The molecule has 1 spiro atoms. The summed E-state index contributed by atoms with van der Waals surface area (Å²) in [5.41, 5.74) is -2.98. The van der Waals surface area contributed by atoms with Gasteiger partial charge in [0.05, 0.1) is 25.4 Å². The van der Waals surface area contributed by atoms with Crippen LogP contribution in [-0.2, 0) is 18.9 Å². The van der Waals surface area contributed by atoms with E-state index in [0.29, 0.717) is 24.2 Å². The maximum atomic E-state index is 12.3. The molecule has 4 aliphatic carbocycles. The summed E-state index contributed by atoms with van der Waals surface area (Å²) in [7, 11) is 0. The van der Waals surface area contributed by atoms with Crippen LogP contribution in [0.1, 0.15) is 72.6 Å². The number of aliphatic hydroxyl groups excluding tert-OH is 6. The molecular weight excluding hydrogens is 560 g/mol. The zero-order chi connectivity index (χ0) is 30.9. The second kappa shape index (κ2) is 10.3. The molecule has 3 saturated heterocycles. The molecule has 3 aliphatic heterocycles. The van der Waals surface area contributed by atoms with Crippen LogP contribution in [0.3, 0.4) is 0 Å². The van der Waals surface area contributed by atoms with Crippen molar-refractivity contribution >= 4 is 0 Å². The minimum absolute atomic E-state index is 0.00230. The Hall–Kier alpha value is -0.440. The molecule has 246 valence electrons. The number of aliphatic hydroxyl groups is 7. The topological polar surface area (TPSA) is 179 Å². The van der Waals surface area contributed by atoms with Gasteiger partial charge in [-0.05, 0) is 73.5 Å². The van der Waals surface area contributed by atoms with Crippen molar-refractivity contribution in [3.63, 3.8) is 0 Å². The normalized spacial score (nSPS) is 63.3. The molecule has 19 atom stereocenters. The van der Waals surface area contributed by atoms with Crippen molar-refractivity contribution in [2.24, 2.45) is 46.3 Å². The van der Waals surface area contributed by atoms with E-state index in [1.54, 1.807) is 0 Å². The van der Waals surface area contributed by atoms with Crippen molar-refractivity contribution in [3.05, 3.63) is 0 Å². The zero-order valence-electron chi connectivity index (χ0n) is 25.8. The van der Waals surface area contributed by atoms with Gasteiger partial charge in [-0.25, -0.2) is 0 Å². The highest BCUT2D eigenvalue weighted by atomic mass is 16.7. The molecule has 11 heteroatoms. The van der Waals surface area contributed by atoms with Crippen molar-refractivity contribution in [1.29, 1.82) is 0 Å². The Morgan fingerprint density at radius 1 is 0.791 bits per heavy atom. The van der Waals surface area contributed by atoms with E-state index in [-0.39, 0.29) is 42.3 Å². The van der Waals surface area contributed by atoms with Gasteiger partial charge in [-0.2, -0.15) is 0 Å². The lowest BCUT2D eigenvalue weighted by molar-refractivity contribution is -0.368. The smallest absolute Gasteiger partial charge is 0.186 e. The van der Waals surface area contributed by atoms with Crippen LogP contribution in [0.4, 0.5) is 0 Å². The highest BCUT2D eigenvalue weighted by Crippen LogP contribution is 2.72. The molecule has 11 nitrogen and oxygen atoms in total. The molecule has 7 aliphatic rings. The molecule has 0 aromatic carbocycles. The summed E-state index contributed by atoms with van der Waals surface area (Å²) in [4.78, 5) is 0. The lowest BCUT2D eigenvalue weighted by Gasteiger charge is -2.67. The zero-order valence-corrected chi connectivity index (χ0v) is 25.8. The first kappa shape index (κ1) is 31.2. The Kier molecular flexibility index (Phi) is 7.45. The van der Waals surface area contributed by atoms with Gasteiger partial charge >= 0.3 is 0 Å². The fourth-order valence-electron chi connectivity index (χ4n) is 11.6. The van der Waals surface area contributed by atoms with Crippen molar-refractivity contribution in [3.8, 4) is 0 Å². The summed E-state index contributed by atoms with van der Waals surface area (Å²) in [5, 5.41) is 76.8. The molecule has 0 unspecified atom stereocenters. The number of hydrogen-bond donors (Lipinski definition) is 7. The van der Waals surface area contributed by atoms with E-state index in [2.05, 4.69) is 20.8 Å². The van der Waals surface area contributed by atoms with E-state index < -0.39 is 65.8 Å². The second-order valence-corrected chi connectivity index (χ2v) is 15.9. The van der Waals surface area contributed by atoms with E-state index in [1.165, 1.54) is 0 Å². The SMILES string of the molecule is C[C@@H]1CC[C@@]2(OC1)O[C@H]1C[C@H]3[C@@H]4CC[C@]5(O)[C@@H](O)[C@@H](O)[C@@H](O)[C@@H](O[C@@H]6OC[C@@H](O)[C@H](O)[C@H]6O)[C@]5(C)[C@H]4CC[C@]3(C)[C@H]1[C@@H]2C. The Bertz CT molecular complexity index is 1070. The predicted octanol–water partition coefficient (Wildman–Crippen LogP) is 0.284. The van der Waals surface area contributed by atoms with Crippen LogP contribution in [0.2, 0.25) is 0 Å². The number of ether oxygens (including phenoxy) is 4. The molecule has 0 aromatic rings.